The van der Waals surface area contributed by atoms with Crippen LogP contribution in [0.4, 0.5) is 4.39 Å². The average Bonchev–Trinajstić information content (AvgIpc) is 2.05. The summed E-state index contributed by atoms with van der Waals surface area (Å²) in [6.45, 7) is 0. The van der Waals surface area contributed by atoms with E-state index in [9.17, 15) is 4.39 Å². The molecule has 0 aliphatic carbocycles. The molecule has 0 aliphatic heterocycles. The van der Waals surface area contributed by atoms with Gasteiger partial charge in [-0.1, -0.05) is 0 Å². The second kappa shape index (κ2) is 3.09. The molecule has 0 aliphatic rings. The van der Waals surface area contributed by atoms with E-state index in [1.54, 1.807) is 0 Å². The number of hydrogen-bond acceptors (Lipinski definition) is 3. The van der Waals surface area contributed by atoms with Crippen LogP contribution in [0.2, 0.25) is 0 Å². The summed E-state index contributed by atoms with van der Waals surface area (Å²) < 4.78 is 17.6. The Hall–Kier alpha value is -1.45. The summed E-state index contributed by atoms with van der Waals surface area (Å²) in [5.41, 5.74) is -0.00986. The van der Waals surface area contributed by atoms with Gasteiger partial charge in [-0.15, -0.1) is 0 Å². The summed E-state index contributed by atoms with van der Waals surface area (Å²) in [7, 11) is 1.37. The third-order valence-corrected chi connectivity index (χ3v) is 1.24. The third kappa shape index (κ3) is 1.34. The molecular formula is C7H7FN2O. The highest BCUT2D eigenvalue weighted by Gasteiger charge is 2.06. The van der Waals surface area contributed by atoms with Gasteiger partial charge in [-0.05, 0) is 0 Å². The first kappa shape index (κ1) is 7.65. The van der Waals surface area contributed by atoms with Gasteiger partial charge >= 0.3 is 0 Å². The van der Waals surface area contributed by atoms with Gasteiger partial charge in [0.1, 0.15) is 5.69 Å². The standard InChI is InChI=1S/C7H7FN2O/c1-11-6-2-3-10-5(4-9)7(6)8/h2-4,9H,1H3. The van der Waals surface area contributed by atoms with Crippen molar-refractivity contribution in [3.63, 3.8) is 0 Å². The van der Waals surface area contributed by atoms with Gasteiger partial charge in [0.2, 0.25) is 0 Å². The lowest BCUT2D eigenvalue weighted by Gasteiger charge is -2.01. The molecule has 11 heavy (non-hydrogen) atoms. The minimum absolute atomic E-state index is 0.00986. The summed E-state index contributed by atoms with van der Waals surface area (Å²) in [4.78, 5) is 3.61. The monoisotopic (exact) mass is 154 g/mol. The van der Waals surface area contributed by atoms with Crippen molar-refractivity contribution >= 4 is 6.21 Å². The van der Waals surface area contributed by atoms with Crippen molar-refractivity contribution in [2.24, 2.45) is 0 Å². The molecule has 1 aromatic rings. The number of rotatable bonds is 2. The Labute approximate surface area is 63.3 Å². The minimum Gasteiger partial charge on any atom is -0.494 e. The van der Waals surface area contributed by atoms with Crippen LogP contribution in [0.15, 0.2) is 12.3 Å². The van der Waals surface area contributed by atoms with Crippen molar-refractivity contribution in [2.45, 2.75) is 0 Å². The van der Waals surface area contributed by atoms with Crippen LogP contribution in [0, 0.1) is 11.2 Å². The van der Waals surface area contributed by atoms with Crippen molar-refractivity contribution in [3.8, 4) is 5.75 Å². The number of nitrogens with one attached hydrogen (secondary N) is 1. The molecule has 0 spiro atoms. The molecule has 0 bridgehead atoms. The van der Waals surface area contributed by atoms with E-state index in [1.807, 2.05) is 0 Å². The largest absolute Gasteiger partial charge is 0.494 e. The van der Waals surface area contributed by atoms with Crippen molar-refractivity contribution < 1.29 is 9.13 Å². The van der Waals surface area contributed by atoms with E-state index in [0.29, 0.717) is 0 Å². The van der Waals surface area contributed by atoms with Crippen LogP contribution in [0.5, 0.6) is 5.75 Å². The highest BCUT2D eigenvalue weighted by atomic mass is 19.1. The predicted octanol–water partition coefficient (Wildman–Crippen LogP) is 1.23. The molecule has 0 unspecified atom stereocenters. The molecule has 58 valence electrons. The topological polar surface area (TPSA) is 46.0 Å². The minimum atomic E-state index is -0.593. The molecule has 0 fully saturated rings. The van der Waals surface area contributed by atoms with Crippen LogP contribution in [0.3, 0.4) is 0 Å². The number of halogens is 1. The number of pyridine rings is 1. The lowest BCUT2D eigenvalue weighted by molar-refractivity contribution is 0.384. The molecule has 1 heterocycles. The molecule has 0 radical (unpaired) electrons. The second-order valence-corrected chi connectivity index (χ2v) is 1.86. The van der Waals surface area contributed by atoms with Crippen LogP contribution in [-0.2, 0) is 0 Å². The zero-order valence-corrected chi connectivity index (χ0v) is 5.97. The molecule has 0 atom stereocenters. The molecule has 4 heteroatoms. The van der Waals surface area contributed by atoms with Crippen LogP contribution >= 0.6 is 0 Å². The van der Waals surface area contributed by atoms with Crippen LogP contribution in [0.1, 0.15) is 5.69 Å². The number of methoxy groups -OCH3 is 1. The Morgan fingerprint density at radius 2 is 2.45 bits per heavy atom. The van der Waals surface area contributed by atoms with Gasteiger partial charge in [-0.25, -0.2) is 4.39 Å². The van der Waals surface area contributed by atoms with E-state index in [2.05, 4.69) is 9.72 Å². The fourth-order valence-electron chi connectivity index (χ4n) is 0.700. The molecule has 0 amide bonds. The van der Waals surface area contributed by atoms with Crippen LogP contribution < -0.4 is 4.74 Å². The quantitative estimate of drug-likeness (QED) is 0.651. The number of hydrogen-bond donors (Lipinski definition) is 1. The Bertz CT molecular complexity index is 275. The zero-order chi connectivity index (χ0) is 8.27. The van der Waals surface area contributed by atoms with Gasteiger partial charge in [-0.2, -0.15) is 0 Å². The Balaban J connectivity index is 3.20. The van der Waals surface area contributed by atoms with Gasteiger partial charge in [0.05, 0.1) is 7.11 Å². The highest BCUT2D eigenvalue weighted by Crippen LogP contribution is 2.15. The molecule has 1 N–H and O–H groups in total. The van der Waals surface area contributed by atoms with Crippen LogP contribution in [-0.4, -0.2) is 18.3 Å². The van der Waals surface area contributed by atoms with Gasteiger partial charge in [-0.3, -0.25) is 4.98 Å². The van der Waals surface area contributed by atoms with Crippen molar-refractivity contribution in [1.29, 1.82) is 5.41 Å². The summed E-state index contributed by atoms with van der Waals surface area (Å²) in [5, 5.41) is 6.77. The van der Waals surface area contributed by atoms with E-state index in [4.69, 9.17) is 5.41 Å². The molecule has 3 nitrogen and oxygen atoms in total. The molecular weight excluding hydrogens is 147 g/mol. The molecule has 0 saturated carbocycles. The summed E-state index contributed by atoms with van der Waals surface area (Å²) in [6, 6.07) is 1.41. The smallest absolute Gasteiger partial charge is 0.192 e. The maximum Gasteiger partial charge on any atom is 0.192 e. The normalized spacial score (nSPS) is 9.27. The van der Waals surface area contributed by atoms with E-state index in [0.717, 1.165) is 6.21 Å². The number of aromatic nitrogens is 1. The van der Waals surface area contributed by atoms with E-state index in [-0.39, 0.29) is 11.4 Å². The average molecular weight is 154 g/mol. The summed E-state index contributed by atoms with van der Waals surface area (Å²) >= 11 is 0. The Morgan fingerprint density at radius 3 is 3.00 bits per heavy atom. The van der Waals surface area contributed by atoms with E-state index in [1.165, 1.54) is 19.4 Å². The molecule has 0 aromatic carbocycles. The lowest BCUT2D eigenvalue weighted by atomic mass is 10.3. The summed E-state index contributed by atoms with van der Waals surface area (Å²) in [5.74, 6) is -0.483. The fraction of sp³-hybridized carbons (Fsp3) is 0.143. The summed E-state index contributed by atoms with van der Waals surface area (Å²) in [6.07, 6.45) is 2.24. The maximum absolute atomic E-state index is 12.9. The van der Waals surface area contributed by atoms with Gasteiger partial charge in [0.15, 0.2) is 11.6 Å². The third-order valence-electron chi connectivity index (χ3n) is 1.24. The number of ether oxygens (including phenoxy) is 1. The van der Waals surface area contributed by atoms with E-state index < -0.39 is 5.82 Å². The first-order valence-electron chi connectivity index (χ1n) is 2.98. The Kier molecular flexibility index (Phi) is 2.15. The molecule has 0 saturated heterocycles. The fourth-order valence-corrected chi connectivity index (χ4v) is 0.700. The second-order valence-electron chi connectivity index (χ2n) is 1.86. The van der Waals surface area contributed by atoms with Gasteiger partial charge in [0, 0.05) is 18.5 Å². The lowest BCUT2D eigenvalue weighted by Crippen LogP contribution is -1.95. The van der Waals surface area contributed by atoms with E-state index >= 15 is 0 Å². The molecule has 1 rings (SSSR count). The van der Waals surface area contributed by atoms with Gasteiger partial charge in [0.25, 0.3) is 0 Å². The molecule has 1 aromatic heterocycles. The first-order chi connectivity index (χ1) is 5.29. The van der Waals surface area contributed by atoms with Crippen molar-refractivity contribution in [3.05, 3.63) is 23.8 Å². The van der Waals surface area contributed by atoms with Crippen molar-refractivity contribution in [2.75, 3.05) is 7.11 Å². The first-order valence-corrected chi connectivity index (χ1v) is 2.98. The van der Waals surface area contributed by atoms with Gasteiger partial charge < -0.3 is 10.1 Å². The predicted molar refractivity (Wildman–Crippen MR) is 38.6 cm³/mol. The van der Waals surface area contributed by atoms with Crippen LogP contribution in [0.25, 0.3) is 0 Å². The van der Waals surface area contributed by atoms with Crippen molar-refractivity contribution in [1.82, 2.24) is 4.98 Å². The zero-order valence-electron chi connectivity index (χ0n) is 5.97. The number of nitrogens with zero attached hydrogens (tertiary/aromatic N) is 1. The maximum atomic E-state index is 12.9. The Morgan fingerprint density at radius 1 is 1.73 bits per heavy atom. The SMILES string of the molecule is COc1ccnc(C=N)c1F. The highest BCUT2D eigenvalue weighted by molar-refractivity contribution is 5.75.